The molecule has 27 heavy (non-hydrogen) atoms. The Balaban J connectivity index is 1.17. The average Bonchev–Trinajstić information content (AvgIpc) is 3.19. The van der Waals surface area contributed by atoms with Crippen molar-refractivity contribution in [2.24, 2.45) is 5.92 Å². The first-order chi connectivity index (χ1) is 13.2. The molecule has 1 spiro atoms. The molecule has 1 amide bonds. The van der Waals surface area contributed by atoms with Gasteiger partial charge in [0.1, 0.15) is 12.2 Å². The minimum atomic E-state index is -0.154. The van der Waals surface area contributed by atoms with Gasteiger partial charge < -0.3 is 19.1 Å². The molecule has 1 unspecified atom stereocenters. The molecule has 3 heterocycles. The van der Waals surface area contributed by atoms with Crippen molar-refractivity contribution in [1.29, 1.82) is 0 Å². The van der Waals surface area contributed by atoms with Crippen LogP contribution in [0.25, 0.3) is 0 Å². The highest BCUT2D eigenvalue weighted by Gasteiger charge is 2.49. The summed E-state index contributed by atoms with van der Waals surface area (Å²) in [4.78, 5) is 22.3. The van der Waals surface area contributed by atoms with Gasteiger partial charge >= 0.3 is 0 Å². The van der Waals surface area contributed by atoms with Gasteiger partial charge in [-0.2, -0.15) is 0 Å². The summed E-state index contributed by atoms with van der Waals surface area (Å²) >= 11 is 0. The lowest BCUT2D eigenvalue weighted by Crippen LogP contribution is -2.67. The van der Waals surface area contributed by atoms with Gasteiger partial charge in [0, 0.05) is 19.0 Å². The van der Waals surface area contributed by atoms with Crippen LogP contribution in [0.1, 0.15) is 44.9 Å². The molecule has 3 fully saturated rings. The number of nitrogens with zero attached hydrogens (tertiary/aromatic N) is 3. The summed E-state index contributed by atoms with van der Waals surface area (Å²) in [5.41, 5.74) is -0.154. The van der Waals surface area contributed by atoms with Gasteiger partial charge in [-0.25, -0.2) is 4.98 Å². The number of likely N-dealkylation sites (tertiary alicyclic amines) is 1. The molecule has 0 bridgehead atoms. The smallest absolute Gasteiger partial charge is 0.248 e. The molecule has 1 aliphatic carbocycles. The molecule has 3 aliphatic rings. The number of amides is 1. The largest absolute Gasteiger partial charge is 0.477 e. The lowest BCUT2D eigenvalue weighted by atomic mass is 9.79. The Morgan fingerprint density at radius 2 is 2.11 bits per heavy atom. The molecule has 1 atom stereocenters. The first-order valence-electron chi connectivity index (χ1n) is 10.1. The Bertz CT molecular complexity index is 615. The van der Waals surface area contributed by atoms with Crippen LogP contribution in [0.5, 0.6) is 5.88 Å². The zero-order chi connectivity index (χ0) is 18.5. The van der Waals surface area contributed by atoms with Crippen molar-refractivity contribution in [2.45, 2.75) is 56.7 Å². The highest BCUT2D eigenvalue weighted by molar-refractivity contribution is 5.78. The van der Waals surface area contributed by atoms with Crippen LogP contribution in [0.15, 0.2) is 18.6 Å². The van der Waals surface area contributed by atoms with E-state index in [0.29, 0.717) is 31.5 Å². The maximum atomic E-state index is 12.3. The van der Waals surface area contributed by atoms with E-state index in [1.54, 1.807) is 18.6 Å². The van der Waals surface area contributed by atoms with E-state index < -0.39 is 0 Å². The molecule has 1 saturated carbocycles. The predicted octanol–water partition coefficient (Wildman–Crippen LogP) is 2.21. The van der Waals surface area contributed by atoms with Gasteiger partial charge in [-0.15, -0.1) is 0 Å². The van der Waals surface area contributed by atoms with Gasteiger partial charge in [0.15, 0.2) is 0 Å². The minimum Gasteiger partial charge on any atom is -0.477 e. The van der Waals surface area contributed by atoms with Crippen LogP contribution >= 0.6 is 0 Å². The van der Waals surface area contributed by atoms with Crippen molar-refractivity contribution in [1.82, 2.24) is 14.9 Å². The second-order valence-corrected chi connectivity index (χ2v) is 8.04. The fourth-order valence-electron chi connectivity index (χ4n) is 4.45. The first kappa shape index (κ1) is 18.6. The SMILES string of the molecule is O=C(COC1CCCC1)N1CC2(CC(CCOc3cnccn3)CCO2)C1. The molecule has 7 heteroatoms. The number of hydrogen-bond donors (Lipinski definition) is 0. The van der Waals surface area contributed by atoms with Gasteiger partial charge in [0.05, 0.1) is 32.0 Å². The second-order valence-electron chi connectivity index (χ2n) is 8.04. The summed E-state index contributed by atoms with van der Waals surface area (Å²) < 4.78 is 17.5. The van der Waals surface area contributed by atoms with E-state index in [9.17, 15) is 4.79 Å². The molecular formula is C20H29N3O4. The zero-order valence-corrected chi connectivity index (χ0v) is 15.8. The lowest BCUT2D eigenvalue weighted by Gasteiger charge is -2.53. The van der Waals surface area contributed by atoms with Crippen LogP contribution in [0.3, 0.4) is 0 Å². The summed E-state index contributed by atoms with van der Waals surface area (Å²) in [7, 11) is 0. The Hall–Kier alpha value is -1.73. The van der Waals surface area contributed by atoms with E-state index in [-0.39, 0.29) is 24.2 Å². The highest BCUT2D eigenvalue weighted by Crippen LogP contribution is 2.38. The van der Waals surface area contributed by atoms with E-state index in [1.807, 2.05) is 4.90 Å². The maximum Gasteiger partial charge on any atom is 0.248 e. The van der Waals surface area contributed by atoms with Crippen molar-refractivity contribution in [2.75, 3.05) is 32.9 Å². The topological polar surface area (TPSA) is 73.8 Å². The minimum absolute atomic E-state index is 0.101. The number of carbonyl (C=O) groups is 1. The molecule has 0 aromatic carbocycles. The Kier molecular flexibility index (Phi) is 5.88. The fourth-order valence-corrected chi connectivity index (χ4v) is 4.45. The van der Waals surface area contributed by atoms with Crippen LogP contribution in [-0.2, 0) is 14.3 Å². The summed E-state index contributed by atoms with van der Waals surface area (Å²) in [6, 6.07) is 0. The number of rotatable bonds is 7. The second kappa shape index (κ2) is 8.52. The Morgan fingerprint density at radius 3 is 2.89 bits per heavy atom. The van der Waals surface area contributed by atoms with E-state index in [1.165, 1.54) is 12.8 Å². The molecule has 7 nitrogen and oxygen atoms in total. The van der Waals surface area contributed by atoms with Gasteiger partial charge in [-0.1, -0.05) is 12.8 Å². The van der Waals surface area contributed by atoms with Gasteiger partial charge in [-0.3, -0.25) is 9.78 Å². The van der Waals surface area contributed by atoms with Gasteiger partial charge in [0.25, 0.3) is 0 Å². The Morgan fingerprint density at radius 1 is 1.26 bits per heavy atom. The summed E-state index contributed by atoms with van der Waals surface area (Å²) in [5, 5.41) is 0. The van der Waals surface area contributed by atoms with Crippen molar-refractivity contribution in [3.63, 3.8) is 0 Å². The maximum absolute atomic E-state index is 12.3. The van der Waals surface area contributed by atoms with Gasteiger partial charge in [0.2, 0.25) is 11.8 Å². The van der Waals surface area contributed by atoms with Crippen molar-refractivity contribution < 1.29 is 19.0 Å². The average molecular weight is 375 g/mol. The van der Waals surface area contributed by atoms with Crippen LogP contribution < -0.4 is 4.74 Å². The van der Waals surface area contributed by atoms with Gasteiger partial charge in [-0.05, 0) is 38.0 Å². The van der Waals surface area contributed by atoms with E-state index >= 15 is 0 Å². The van der Waals surface area contributed by atoms with Crippen LogP contribution in [-0.4, -0.2) is 65.4 Å². The normalized spacial score (nSPS) is 24.7. The Labute approximate surface area is 160 Å². The number of aromatic nitrogens is 2. The summed E-state index contributed by atoms with van der Waals surface area (Å²) in [6.07, 6.45) is 12.8. The molecule has 0 N–H and O–H groups in total. The molecule has 148 valence electrons. The molecule has 2 aliphatic heterocycles. The molecule has 1 aromatic heterocycles. The molecular weight excluding hydrogens is 346 g/mol. The third-order valence-corrected chi connectivity index (χ3v) is 5.97. The number of hydrogen-bond acceptors (Lipinski definition) is 6. The van der Waals surface area contributed by atoms with E-state index in [2.05, 4.69) is 9.97 Å². The van der Waals surface area contributed by atoms with Crippen molar-refractivity contribution in [3.05, 3.63) is 18.6 Å². The van der Waals surface area contributed by atoms with Crippen LogP contribution in [0.4, 0.5) is 0 Å². The van der Waals surface area contributed by atoms with Crippen LogP contribution in [0.2, 0.25) is 0 Å². The van der Waals surface area contributed by atoms with Crippen molar-refractivity contribution >= 4 is 5.91 Å². The third-order valence-electron chi connectivity index (χ3n) is 5.97. The van der Waals surface area contributed by atoms with Crippen molar-refractivity contribution in [3.8, 4) is 5.88 Å². The molecule has 2 saturated heterocycles. The molecule has 1 aromatic rings. The lowest BCUT2D eigenvalue weighted by molar-refractivity contribution is -0.192. The summed E-state index contributed by atoms with van der Waals surface area (Å²) in [5.74, 6) is 1.23. The monoisotopic (exact) mass is 375 g/mol. The molecule has 0 radical (unpaired) electrons. The highest BCUT2D eigenvalue weighted by atomic mass is 16.5. The number of ether oxygens (including phenoxy) is 3. The molecule has 4 rings (SSSR count). The zero-order valence-electron chi connectivity index (χ0n) is 15.8. The number of carbonyl (C=O) groups excluding carboxylic acids is 1. The third kappa shape index (κ3) is 4.76. The first-order valence-corrected chi connectivity index (χ1v) is 10.1. The van der Waals surface area contributed by atoms with Crippen LogP contribution in [0, 0.1) is 5.92 Å². The quantitative estimate of drug-likeness (QED) is 0.727. The predicted molar refractivity (Wildman–Crippen MR) is 98.3 cm³/mol. The fraction of sp³-hybridized carbons (Fsp3) is 0.750. The standard InChI is InChI=1S/C20H29N3O4/c24-19(13-26-17-3-1-2-4-17)23-14-20(15-23)11-16(6-10-27-20)5-9-25-18-12-21-7-8-22-18/h7-8,12,16-17H,1-6,9-11,13-15H2. The van der Waals surface area contributed by atoms with E-state index in [4.69, 9.17) is 14.2 Å². The summed E-state index contributed by atoms with van der Waals surface area (Å²) in [6.45, 7) is 3.01. The van der Waals surface area contributed by atoms with E-state index in [0.717, 1.165) is 38.7 Å².